The van der Waals surface area contributed by atoms with Crippen LogP contribution >= 0.6 is 0 Å². The molecule has 0 fully saturated rings. The molecule has 14 heavy (non-hydrogen) atoms. The van der Waals surface area contributed by atoms with E-state index in [2.05, 4.69) is 0 Å². The Balaban J connectivity index is 2.42. The third kappa shape index (κ3) is 3.70. The van der Waals surface area contributed by atoms with Crippen molar-refractivity contribution in [3.63, 3.8) is 0 Å². The molecule has 0 saturated heterocycles. The van der Waals surface area contributed by atoms with Gasteiger partial charge < -0.3 is 9.47 Å². The number of hydrogen-bond acceptors (Lipinski definition) is 2. The standard InChI is InChI=1S/C10H12F2O2/c1-2-13-3-4-14-10-6-8(11)5-9(12)7-10/h5-7H,2-4H2,1H3. The van der Waals surface area contributed by atoms with Gasteiger partial charge in [-0.25, -0.2) is 8.78 Å². The largest absolute Gasteiger partial charge is 0.491 e. The lowest BCUT2D eigenvalue weighted by atomic mass is 10.3. The summed E-state index contributed by atoms with van der Waals surface area (Å²) in [5, 5.41) is 0. The van der Waals surface area contributed by atoms with Gasteiger partial charge >= 0.3 is 0 Å². The Hall–Kier alpha value is -1.16. The minimum absolute atomic E-state index is 0.183. The van der Waals surface area contributed by atoms with Crippen molar-refractivity contribution in [1.29, 1.82) is 0 Å². The van der Waals surface area contributed by atoms with Crippen molar-refractivity contribution in [2.75, 3.05) is 19.8 Å². The highest BCUT2D eigenvalue weighted by Crippen LogP contribution is 2.14. The van der Waals surface area contributed by atoms with E-state index in [0.717, 1.165) is 18.2 Å². The number of hydrogen-bond donors (Lipinski definition) is 0. The number of ether oxygens (including phenoxy) is 2. The molecule has 1 rings (SSSR count). The first-order valence-electron chi connectivity index (χ1n) is 4.39. The molecule has 0 heterocycles. The molecule has 78 valence electrons. The van der Waals surface area contributed by atoms with Gasteiger partial charge in [0.25, 0.3) is 0 Å². The first-order chi connectivity index (χ1) is 6.72. The molecule has 0 aromatic heterocycles. The second-order valence-electron chi connectivity index (χ2n) is 2.65. The second-order valence-corrected chi connectivity index (χ2v) is 2.65. The zero-order chi connectivity index (χ0) is 10.4. The van der Waals surface area contributed by atoms with Gasteiger partial charge in [-0.15, -0.1) is 0 Å². The van der Waals surface area contributed by atoms with Crippen molar-refractivity contribution in [3.8, 4) is 5.75 Å². The SMILES string of the molecule is CCOCCOc1cc(F)cc(F)c1. The van der Waals surface area contributed by atoms with Crippen LogP contribution in [0.15, 0.2) is 18.2 Å². The molecular weight excluding hydrogens is 190 g/mol. The fourth-order valence-electron chi connectivity index (χ4n) is 0.975. The zero-order valence-corrected chi connectivity index (χ0v) is 7.93. The van der Waals surface area contributed by atoms with E-state index in [1.54, 1.807) is 0 Å². The molecule has 0 saturated carbocycles. The molecule has 0 bridgehead atoms. The molecule has 0 atom stereocenters. The normalized spacial score (nSPS) is 10.2. The molecule has 0 aliphatic carbocycles. The molecule has 4 heteroatoms. The summed E-state index contributed by atoms with van der Waals surface area (Å²) in [5.41, 5.74) is 0. The Morgan fingerprint density at radius 2 is 1.71 bits per heavy atom. The molecule has 0 N–H and O–H groups in total. The van der Waals surface area contributed by atoms with Crippen LogP contribution in [0.5, 0.6) is 5.75 Å². The summed E-state index contributed by atoms with van der Waals surface area (Å²) < 4.78 is 35.4. The van der Waals surface area contributed by atoms with Crippen LogP contribution in [-0.2, 0) is 4.74 Å². The molecule has 0 amide bonds. The third-order valence-electron chi connectivity index (χ3n) is 1.54. The lowest BCUT2D eigenvalue weighted by Gasteiger charge is -2.06. The first-order valence-corrected chi connectivity index (χ1v) is 4.39. The number of benzene rings is 1. The highest BCUT2D eigenvalue weighted by atomic mass is 19.1. The lowest BCUT2D eigenvalue weighted by molar-refractivity contribution is 0.110. The Morgan fingerprint density at radius 1 is 1.07 bits per heavy atom. The number of halogens is 2. The van der Waals surface area contributed by atoms with Crippen LogP contribution in [-0.4, -0.2) is 19.8 Å². The predicted octanol–water partition coefficient (Wildman–Crippen LogP) is 2.38. The van der Waals surface area contributed by atoms with Gasteiger partial charge in [-0.05, 0) is 6.92 Å². The smallest absolute Gasteiger partial charge is 0.129 e. The molecule has 0 unspecified atom stereocenters. The van der Waals surface area contributed by atoms with E-state index in [4.69, 9.17) is 9.47 Å². The summed E-state index contributed by atoms with van der Waals surface area (Å²) in [7, 11) is 0. The molecule has 2 nitrogen and oxygen atoms in total. The quantitative estimate of drug-likeness (QED) is 0.682. The average molecular weight is 202 g/mol. The summed E-state index contributed by atoms with van der Waals surface area (Å²) in [6.45, 7) is 3.16. The predicted molar refractivity (Wildman–Crippen MR) is 48.3 cm³/mol. The van der Waals surface area contributed by atoms with E-state index in [0.29, 0.717) is 13.2 Å². The maximum atomic E-state index is 12.7. The van der Waals surface area contributed by atoms with E-state index in [-0.39, 0.29) is 12.4 Å². The average Bonchev–Trinajstić information content (AvgIpc) is 2.11. The van der Waals surface area contributed by atoms with Gasteiger partial charge in [0.1, 0.15) is 24.0 Å². The minimum Gasteiger partial charge on any atom is -0.491 e. The second kappa shape index (κ2) is 5.54. The molecular formula is C10H12F2O2. The van der Waals surface area contributed by atoms with Crippen molar-refractivity contribution < 1.29 is 18.3 Å². The van der Waals surface area contributed by atoms with E-state index >= 15 is 0 Å². The monoisotopic (exact) mass is 202 g/mol. The van der Waals surface area contributed by atoms with Gasteiger partial charge in [0.2, 0.25) is 0 Å². The van der Waals surface area contributed by atoms with Crippen LogP contribution in [0, 0.1) is 11.6 Å². The minimum atomic E-state index is -0.642. The number of rotatable bonds is 5. The van der Waals surface area contributed by atoms with Gasteiger partial charge in [-0.1, -0.05) is 0 Å². The van der Waals surface area contributed by atoms with Gasteiger partial charge in [0, 0.05) is 24.8 Å². The summed E-state index contributed by atoms with van der Waals surface area (Å²) in [4.78, 5) is 0. The fourth-order valence-corrected chi connectivity index (χ4v) is 0.975. The van der Waals surface area contributed by atoms with Crippen LogP contribution in [0.4, 0.5) is 8.78 Å². The van der Waals surface area contributed by atoms with Gasteiger partial charge in [0.15, 0.2) is 0 Å². The molecule has 0 radical (unpaired) electrons. The highest BCUT2D eigenvalue weighted by molar-refractivity contribution is 5.23. The van der Waals surface area contributed by atoms with E-state index in [9.17, 15) is 8.78 Å². The van der Waals surface area contributed by atoms with Crippen LogP contribution in [0.2, 0.25) is 0 Å². The summed E-state index contributed by atoms with van der Waals surface area (Å²) in [6, 6.07) is 3.07. The van der Waals surface area contributed by atoms with Crippen molar-refractivity contribution in [3.05, 3.63) is 29.8 Å². The molecule has 1 aromatic carbocycles. The Bertz CT molecular complexity index is 269. The Kier molecular flexibility index (Phi) is 4.32. The van der Waals surface area contributed by atoms with Crippen molar-refractivity contribution >= 4 is 0 Å². The lowest BCUT2D eigenvalue weighted by Crippen LogP contribution is -2.06. The summed E-state index contributed by atoms with van der Waals surface area (Å²) in [5.74, 6) is -1.10. The molecule has 0 spiro atoms. The maximum absolute atomic E-state index is 12.7. The molecule has 0 aliphatic heterocycles. The van der Waals surface area contributed by atoms with E-state index in [1.807, 2.05) is 6.92 Å². The van der Waals surface area contributed by atoms with E-state index in [1.165, 1.54) is 0 Å². The first kappa shape index (κ1) is 10.9. The molecule has 1 aromatic rings. The van der Waals surface area contributed by atoms with Crippen LogP contribution in [0.25, 0.3) is 0 Å². The van der Waals surface area contributed by atoms with Crippen molar-refractivity contribution in [2.24, 2.45) is 0 Å². The van der Waals surface area contributed by atoms with E-state index < -0.39 is 11.6 Å². The van der Waals surface area contributed by atoms with Crippen molar-refractivity contribution in [1.82, 2.24) is 0 Å². The Morgan fingerprint density at radius 3 is 2.29 bits per heavy atom. The Labute approximate surface area is 81.4 Å². The van der Waals surface area contributed by atoms with Crippen LogP contribution < -0.4 is 4.74 Å². The van der Waals surface area contributed by atoms with Crippen LogP contribution in [0.3, 0.4) is 0 Å². The van der Waals surface area contributed by atoms with Gasteiger partial charge in [-0.2, -0.15) is 0 Å². The summed E-state index contributed by atoms with van der Waals surface area (Å²) in [6.07, 6.45) is 0. The topological polar surface area (TPSA) is 18.5 Å². The highest BCUT2D eigenvalue weighted by Gasteiger charge is 2.00. The third-order valence-corrected chi connectivity index (χ3v) is 1.54. The molecule has 0 aliphatic rings. The van der Waals surface area contributed by atoms with Gasteiger partial charge in [0.05, 0.1) is 6.61 Å². The summed E-state index contributed by atoms with van der Waals surface area (Å²) >= 11 is 0. The van der Waals surface area contributed by atoms with Crippen LogP contribution in [0.1, 0.15) is 6.92 Å². The van der Waals surface area contributed by atoms with Gasteiger partial charge in [-0.3, -0.25) is 0 Å². The maximum Gasteiger partial charge on any atom is 0.129 e. The van der Waals surface area contributed by atoms with Crippen molar-refractivity contribution in [2.45, 2.75) is 6.92 Å². The fraction of sp³-hybridized carbons (Fsp3) is 0.400. The zero-order valence-electron chi connectivity index (χ0n) is 7.93.